The molecule has 1 aromatic heterocycles. The molecule has 3 heterocycles. The average molecular weight is 377 g/mol. The smallest absolute Gasteiger partial charge is 0.409 e. The highest BCUT2D eigenvalue weighted by Crippen LogP contribution is 2.14. The average Bonchev–Trinajstić information content (AvgIpc) is 3.21. The maximum atomic E-state index is 12.4. The standard InChI is InChI=1S/C18H27N5O4/c1-2-26-18(25)23-7-5-14(6-8-23)22-16(24)13-10-19-17(20-11-13)21-12-15-4-3-9-27-15/h10-11,14-15H,2-9,12H2,1H3,(H,22,24)(H,19,20,21). The lowest BCUT2D eigenvalue weighted by Gasteiger charge is -2.31. The number of piperidine rings is 1. The van der Waals surface area contributed by atoms with Crippen LogP contribution < -0.4 is 10.6 Å². The third kappa shape index (κ3) is 5.53. The molecule has 0 aromatic carbocycles. The molecule has 0 radical (unpaired) electrons. The fraction of sp³-hybridized carbons (Fsp3) is 0.667. The van der Waals surface area contributed by atoms with Gasteiger partial charge in [0.05, 0.1) is 18.3 Å². The maximum Gasteiger partial charge on any atom is 0.409 e. The van der Waals surface area contributed by atoms with Gasteiger partial charge in [0.2, 0.25) is 5.95 Å². The zero-order chi connectivity index (χ0) is 19.1. The Kier molecular flexibility index (Phi) is 6.80. The first-order valence-corrected chi connectivity index (χ1v) is 9.55. The second-order valence-electron chi connectivity index (χ2n) is 6.74. The van der Waals surface area contributed by atoms with Crippen molar-refractivity contribution in [3.63, 3.8) is 0 Å². The van der Waals surface area contributed by atoms with E-state index < -0.39 is 0 Å². The van der Waals surface area contributed by atoms with Gasteiger partial charge in [0.1, 0.15) is 0 Å². The summed E-state index contributed by atoms with van der Waals surface area (Å²) in [6.07, 6.45) is 6.49. The van der Waals surface area contributed by atoms with E-state index in [1.165, 1.54) is 12.4 Å². The van der Waals surface area contributed by atoms with Gasteiger partial charge in [-0.2, -0.15) is 0 Å². The van der Waals surface area contributed by atoms with Gasteiger partial charge >= 0.3 is 6.09 Å². The van der Waals surface area contributed by atoms with Gasteiger partial charge in [-0.1, -0.05) is 0 Å². The van der Waals surface area contributed by atoms with Gasteiger partial charge in [0.25, 0.3) is 5.91 Å². The normalized spacial score (nSPS) is 20.3. The monoisotopic (exact) mass is 377 g/mol. The second-order valence-corrected chi connectivity index (χ2v) is 6.74. The van der Waals surface area contributed by atoms with Crippen molar-refractivity contribution in [1.82, 2.24) is 20.2 Å². The van der Waals surface area contributed by atoms with E-state index in [1.807, 2.05) is 0 Å². The molecule has 2 aliphatic rings. The number of hydrogen-bond acceptors (Lipinski definition) is 7. The van der Waals surface area contributed by atoms with Crippen LogP contribution in [0.1, 0.15) is 43.0 Å². The van der Waals surface area contributed by atoms with Crippen LogP contribution in [0.25, 0.3) is 0 Å². The highest BCUT2D eigenvalue weighted by Gasteiger charge is 2.25. The minimum Gasteiger partial charge on any atom is -0.450 e. The number of nitrogens with one attached hydrogen (secondary N) is 2. The molecule has 1 atom stereocenters. The van der Waals surface area contributed by atoms with Gasteiger partial charge in [-0.15, -0.1) is 0 Å². The van der Waals surface area contributed by atoms with Crippen LogP contribution in [0.4, 0.5) is 10.7 Å². The van der Waals surface area contributed by atoms with E-state index >= 15 is 0 Å². The Morgan fingerprint density at radius 2 is 2.00 bits per heavy atom. The van der Waals surface area contributed by atoms with E-state index in [4.69, 9.17) is 9.47 Å². The Balaban J connectivity index is 1.42. The maximum absolute atomic E-state index is 12.4. The third-order valence-corrected chi connectivity index (χ3v) is 4.78. The van der Waals surface area contributed by atoms with E-state index in [-0.39, 0.29) is 24.1 Å². The Morgan fingerprint density at radius 3 is 2.63 bits per heavy atom. The fourth-order valence-electron chi connectivity index (χ4n) is 3.24. The van der Waals surface area contributed by atoms with Gasteiger partial charge in [0, 0.05) is 44.7 Å². The molecule has 9 nitrogen and oxygen atoms in total. The number of rotatable bonds is 6. The minimum absolute atomic E-state index is 0.0282. The molecule has 148 valence electrons. The Morgan fingerprint density at radius 1 is 1.26 bits per heavy atom. The third-order valence-electron chi connectivity index (χ3n) is 4.78. The molecule has 2 saturated heterocycles. The van der Waals surface area contributed by atoms with Crippen molar-refractivity contribution in [3.05, 3.63) is 18.0 Å². The van der Waals surface area contributed by atoms with E-state index in [1.54, 1.807) is 11.8 Å². The molecule has 2 amide bonds. The number of likely N-dealkylation sites (tertiary alicyclic amines) is 1. The van der Waals surface area contributed by atoms with Crippen LogP contribution in [0.5, 0.6) is 0 Å². The Labute approximate surface area is 158 Å². The van der Waals surface area contributed by atoms with Crippen LogP contribution in [-0.4, -0.2) is 71.9 Å². The molecular formula is C18H27N5O4. The molecule has 27 heavy (non-hydrogen) atoms. The summed E-state index contributed by atoms with van der Waals surface area (Å²) in [6, 6.07) is 0.0282. The highest BCUT2D eigenvalue weighted by molar-refractivity contribution is 5.93. The van der Waals surface area contributed by atoms with Gasteiger partial charge in [-0.25, -0.2) is 14.8 Å². The number of carbonyl (C=O) groups excluding carboxylic acids is 2. The number of aromatic nitrogens is 2. The van der Waals surface area contributed by atoms with Crippen LogP contribution in [0.2, 0.25) is 0 Å². The SMILES string of the molecule is CCOC(=O)N1CCC(NC(=O)c2cnc(NCC3CCCO3)nc2)CC1. The first-order chi connectivity index (χ1) is 13.2. The topological polar surface area (TPSA) is 106 Å². The summed E-state index contributed by atoms with van der Waals surface area (Å²) in [5, 5.41) is 6.12. The van der Waals surface area contributed by atoms with Crippen LogP contribution in [0.3, 0.4) is 0 Å². The lowest BCUT2D eigenvalue weighted by atomic mass is 10.1. The number of carbonyl (C=O) groups is 2. The largest absolute Gasteiger partial charge is 0.450 e. The number of nitrogens with zero attached hydrogens (tertiary/aromatic N) is 3. The van der Waals surface area contributed by atoms with Crippen molar-refractivity contribution in [2.75, 3.05) is 38.2 Å². The zero-order valence-corrected chi connectivity index (χ0v) is 15.6. The molecule has 2 fully saturated rings. The van der Waals surface area contributed by atoms with Crippen LogP contribution >= 0.6 is 0 Å². The van der Waals surface area contributed by atoms with Crippen molar-refractivity contribution in [2.45, 2.75) is 44.8 Å². The molecule has 3 rings (SSSR count). The lowest BCUT2D eigenvalue weighted by Crippen LogP contribution is -2.46. The van der Waals surface area contributed by atoms with E-state index in [2.05, 4.69) is 20.6 Å². The molecule has 0 bridgehead atoms. The van der Waals surface area contributed by atoms with E-state index in [9.17, 15) is 9.59 Å². The molecule has 2 aliphatic heterocycles. The molecule has 0 aliphatic carbocycles. The summed E-state index contributed by atoms with van der Waals surface area (Å²) in [5.41, 5.74) is 0.422. The van der Waals surface area contributed by atoms with Gasteiger partial charge in [-0.3, -0.25) is 4.79 Å². The predicted molar refractivity (Wildman–Crippen MR) is 98.6 cm³/mol. The molecule has 0 saturated carbocycles. The first-order valence-electron chi connectivity index (χ1n) is 9.55. The van der Waals surface area contributed by atoms with E-state index in [0.717, 1.165) is 19.4 Å². The predicted octanol–water partition coefficient (Wildman–Crippen LogP) is 1.42. The summed E-state index contributed by atoms with van der Waals surface area (Å²) >= 11 is 0. The van der Waals surface area contributed by atoms with Crippen molar-refractivity contribution in [2.24, 2.45) is 0 Å². The van der Waals surface area contributed by atoms with Gasteiger partial charge < -0.3 is 25.0 Å². The number of anilines is 1. The molecule has 1 aromatic rings. The second kappa shape index (κ2) is 9.50. The van der Waals surface area contributed by atoms with Crippen LogP contribution in [0, 0.1) is 0 Å². The summed E-state index contributed by atoms with van der Waals surface area (Å²) in [4.78, 5) is 34.1. The Bertz CT molecular complexity index is 625. The number of amides is 2. The molecule has 0 spiro atoms. The number of ether oxygens (including phenoxy) is 2. The van der Waals surface area contributed by atoms with Gasteiger partial charge in [0.15, 0.2) is 0 Å². The zero-order valence-electron chi connectivity index (χ0n) is 15.6. The summed E-state index contributed by atoms with van der Waals surface area (Å²) in [5.74, 6) is 0.292. The highest BCUT2D eigenvalue weighted by atomic mass is 16.6. The quantitative estimate of drug-likeness (QED) is 0.772. The van der Waals surface area contributed by atoms with Crippen molar-refractivity contribution < 1.29 is 19.1 Å². The lowest BCUT2D eigenvalue weighted by molar-refractivity contribution is 0.0859. The van der Waals surface area contributed by atoms with Crippen molar-refractivity contribution in [3.8, 4) is 0 Å². The number of hydrogen-bond donors (Lipinski definition) is 2. The summed E-state index contributed by atoms with van der Waals surface area (Å²) in [7, 11) is 0. The molecule has 9 heteroatoms. The molecule has 2 N–H and O–H groups in total. The minimum atomic E-state index is -0.290. The summed E-state index contributed by atoms with van der Waals surface area (Å²) < 4.78 is 10.5. The van der Waals surface area contributed by atoms with Crippen molar-refractivity contribution >= 4 is 17.9 Å². The van der Waals surface area contributed by atoms with Crippen LogP contribution in [0.15, 0.2) is 12.4 Å². The van der Waals surface area contributed by atoms with Crippen LogP contribution in [-0.2, 0) is 9.47 Å². The van der Waals surface area contributed by atoms with Crippen molar-refractivity contribution in [1.29, 1.82) is 0 Å². The summed E-state index contributed by atoms with van der Waals surface area (Å²) in [6.45, 7) is 4.79. The molecular weight excluding hydrogens is 350 g/mol. The first kappa shape index (κ1) is 19.3. The van der Waals surface area contributed by atoms with E-state index in [0.29, 0.717) is 50.6 Å². The van der Waals surface area contributed by atoms with Gasteiger partial charge in [-0.05, 0) is 32.6 Å². The Hall–Kier alpha value is -2.42. The fourth-order valence-corrected chi connectivity index (χ4v) is 3.24. The molecule has 1 unspecified atom stereocenters.